The fourth-order valence-corrected chi connectivity index (χ4v) is 26.5. The van der Waals surface area contributed by atoms with Gasteiger partial charge < -0.3 is 40.9 Å². The van der Waals surface area contributed by atoms with Crippen LogP contribution in [0, 0.1) is 136 Å². The number of hydrogen-bond donors (Lipinski definition) is 8. The quantitative estimate of drug-likeness (QED) is 0.0319. The molecule has 0 aromatic carbocycles. The lowest BCUT2D eigenvalue weighted by Gasteiger charge is -2.41. The Kier molecular flexibility index (Phi) is 24.5. The van der Waals surface area contributed by atoms with Crippen molar-refractivity contribution in [2.45, 2.75) is 321 Å². The van der Waals surface area contributed by atoms with Crippen molar-refractivity contribution in [3.8, 4) is 0 Å². The maximum absolute atomic E-state index is 14.0. The highest BCUT2D eigenvalue weighted by Gasteiger charge is 2.83. The molecule has 12 aliphatic carbocycles. The van der Waals surface area contributed by atoms with Gasteiger partial charge in [-0.25, -0.2) is 0 Å². The SMILES string of the molecule is CC(C)=CCC12C[C@@H]3C(C)(C)[C@@H](C(C)(C)O)C[C@]3(C(=O)C(C(=O)C(C)C)=C1O)C2=O.CC(C)=CCC12C[C@@H]3C(C)(C)[C@H](C(C)(C)O)C[C@]3(C(=O)C(C(=O)C(C)C)=C1O)C2=O.CC(C)=CCC12C[C@H]3C(C)(C)[C@@H](C(C)(C)O)C[C@@]3(C(=O)C(C(=O)C(C)C)=C1O)C2=O.CC(C)=CCC12C[C@H]3C(C)(C)[C@H](C(C)(C)O)C[C@@]3(C(=O)C(C(=O)C(C)C)=C1O)C2=O. The van der Waals surface area contributed by atoms with Crippen LogP contribution in [0.1, 0.15) is 299 Å². The second-order valence-corrected chi connectivity index (χ2v) is 45.7. The van der Waals surface area contributed by atoms with Crippen molar-refractivity contribution < 1.29 is 98.4 Å². The maximum Gasteiger partial charge on any atom is 0.183 e. The average molecular weight is 1670 g/mol. The maximum atomic E-state index is 14.0. The van der Waals surface area contributed by atoms with E-state index in [1.165, 1.54) is 0 Å². The van der Waals surface area contributed by atoms with Gasteiger partial charge in [0.2, 0.25) is 0 Å². The van der Waals surface area contributed by atoms with E-state index in [0.717, 1.165) is 22.3 Å². The number of ketones is 12. The molecule has 120 heavy (non-hydrogen) atoms. The molecule has 0 amide bonds. The third kappa shape index (κ3) is 13.7. The monoisotopic (exact) mass is 1670 g/mol. The smallest absolute Gasteiger partial charge is 0.183 e. The van der Waals surface area contributed by atoms with E-state index in [1.54, 1.807) is 111 Å². The zero-order valence-electron chi connectivity index (χ0n) is 78.2. The number of carbonyl (C=O) groups excluding carboxylic acids is 12. The number of allylic oxidation sites excluding steroid dienone is 16. The van der Waals surface area contributed by atoms with Gasteiger partial charge in [-0.15, -0.1) is 0 Å². The Balaban J connectivity index is 0.000000182. The third-order valence-corrected chi connectivity index (χ3v) is 32.5. The predicted molar refractivity (Wildman–Crippen MR) is 459 cm³/mol. The highest BCUT2D eigenvalue weighted by atomic mass is 16.3. The molecule has 0 aromatic heterocycles. The van der Waals surface area contributed by atoms with Crippen molar-refractivity contribution >= 4 is 69.4 Å². The van der Waals surface area contributed by atoms with E-state index >= 15 is 0 Å². The van der Waals surface area contributed by atoms with Crippen LogP contribution in [0.5, 0.6) is 0 Å². The van der Waals surface area contributed by atoms with Crippen LogP contribution in [-0.4, -0.2) is 133 Å². The topological polar surface area (TPSA) is 367 Å². The molecule has 8 fully saturated rings. The number of aliphatic hydroxyl groups excluding tert-OH is 4. The summed E-state index contributed by atoms with van der Waals surface area (Å²) in [6, 6.07) is 0. The average Bonchev–Trinajstić information content (AvgIpc) is 1.51. The predicted octanol–water partition coefficient (Wildman–Crippen LogP) is 17.4. The molecule has 16 atom stereocenters. The summed E-state index contributed by atoms with van der Waals surface area (Å²) in [4.78, 5) is 164. The summed E-state index contributed by atoms with van der Waals surface area (Å²) >= 11 is 0. The molecule has 4 spiro atoms. The van der Waals surface area contributed by atoms with Gasteiger partial charge in [0.15, 0.2) is 69.4 Å². The second kappa shape index (κ2) is 30.4. The van der Waals surface area contributed by atoms with Gasteiger partial charge in [0.05, 0.1) is 65.7 Å². The van der Waals surface area contributed by atoms with Gasteiger partial charge >= 0.3 is 0 Å². The van der Waals surface area contributed by atoms with E-state index in [1.807, 2.05) is 135 Å². The summed E-state index contributed by atoms with van der Waals surface area (Å²) in [7, 11) is 0. The van der Waals surface area contributed by atoms with Crippen molar-refractivity contribution in [2.24, 2.45) is 136 Å². The van der Waals surface area contributed by atoms with Crippen LogP contribution in [-0.2, 0) is 57.5 Å². The van der Waals surface area contributed by atoms with Crippen molar-refractivity contribution in [1.29, 1.82) is 0 Å². The lowest BCUT2D eigenvalue weighted by atomic mass is 9.62. The molecule has 0 aliphatic heterocycles. The molecular formula is C100H144O20. The minimum Gasteiger partial charge on any atom is -0.510 e. The first kappa shape index (κ1) is 96.8. The van der Waals surface area contributed by atoms with Gasteiger partial charge in [-0.05, 0) is 257 Å². The molecular weight excluding hydrogens is 1520 g/mol. The van der Waals surface area contributed by atoms with E-state index in [4.69, 9.17) is 0 Å². The molecule has 8 bridgehead atoms. The lowest BCUT2D eigenvalue weighted by Crippen LogP contribution is -2.50. The molecule has 8 saturated carbocycles. The van der Waals surface area contributed by atoms with Crippen LogP contribution in [0.25, 0.3) is 0 Å². The first-order chi connectivity index (χ1) is 54.2. The van der Waals surface area contributed by atoms with E-state index in [2.05, 4.69) is 0 Å². The minimum atomic E-state index is -1.35. The van der Waals surface area contributed by atoms with E-state index < -0.39 is 157 Å². The van der Waals surface area contributed by atoms with Gasteiger partial charge in [0, 0.05) is 23.7 Å². The lowest BCUT2D eigenvalue weighted by molar-refractivity contribution is -0.147. The van der Waals surface area contributed by atoms with Gasteiger partial charge in [0.25, 0.3) is 0 Å². The largest absolute Gasteiger partial charge is 0.510 e. The molecule has 20 heteroatoms. The molecule has 664 valence electrons. The normalized spacial score (nSPS) is 35.1. The Morgan fingerprint density at radius 3 is 0.558 bits per heavy atom. The van der Waals surface area contributed by atoms with Crippen LogP contribution in [0.2, 0.25) is 0 Å². The van der Waals surface area contributed by atoms with Gasteiger partial charge in [0.1, 0.15) is 45.3 Å². The van der Waals surface area contributed by atoms with Crippen LogP contribution >= 0.6 is 0 Å². The second-order valence-electron chi connectivity index (χ2n) is 45.7. The highest BCUT2D eigenvalue weighted by molar-refractivity contribution is 6.35. The van der Waals surface area contributed by atoms with Crippen molar-refractivity contribution in [1.82, 2.24) is 0 Å². The van der Waals surface area contributed by atoms with Crippen LogP contribution < -0.4 is 0 Å². The highest BCUT2D eigenvalue weighted by Crippen LogP contribution is 2.78. The molecule has 8 N–H and O–H groups in total. The summed E-state index contributed by atoms with van der Waals surface area (Å²) in [6.45, 7) is 58.8. The summed E-state index contributed by atoms with van der Waals surface area (Å²) < 4.78 is 0. The number of rotatable bonds is 20. The Hall–Kier alpha value is -7.00. The van der Waals surface area contributed by atoms with E-state index in [0.29, 0.717) is 25.7 Å². The molecule has 0 saturated heterocycles. The van der Waals surface area contributed by atoms with Crippen LogP contribution in [0.4, 0.5) is 0 Å². The molecule has 12 rings (SSSR count). The molecule has 0 aromatic rings. The number of Topliss-reactive ketones (excluding diaryl/α,β-unsaturated/α-hetero) is 12. The number of aliphatic hydroxyl groups is 8. The Labute approximate surface area is 713 Å². The van der Waals surface area contributed by atoms with Gasteiger partial charge in [-0.3, -0.25) is 57.5 Å². The number of hydrogen-bond acceptors (Lipinski definition) is 20. The first-order valence-corrected chi connectivity index (χ1v) is 43.9. The Bertz CT molecular complexity index is 4090. The van der Waals surface area contributed by atoms with E-state index in [9.17, 15) is 98.4 Å². The summed E-state index contributed by atoms with van der Waals surface area (Å²) in [5.74, 6) is -10.4. The fourth-order valence-electron chi connectivity index (χ4n) is 26.5. The summed E-state index contributed by atoms with van der Waals surface area (Å²) in [5.41, 5.74) is -13.3. The summed E-state index contributed by atoms with van der Waals surface area (Å²) in [5, 5.41) is 88.5. The van der Waals surface area contributed by atoms with Crippen LogP contribution in [0.3, 0.4) is 0 Å². The molecule has 0 radical (unpaired) electrons. The van der Waals surface area contributed by atoms with Crippen molar-refractivity contribution in [2.75, 3.05) is 0 Å². The van der Waals surface area contributed by atoms with Crippen molar-refractivity contribution in [3.05, 3.63) is 91.9 Å². The number of carbonyl (C=O) groups is 12. The zero-order chi connectivity index (χ0) is 92.1. The van der Waals surface area contributed by atoms with Crippen LogP contribution in [0.15, 0.2) is 91.9 Å². The standard InChI is InChI=1S/4C25H36O5/c4*1-13(2)9-10-24-11-16-22(5,6)15(23(7,8)30)12-25(16,21(24)29)20(28)17(19(24)27)18(26)14(3)4/h4*9,14-16,27,30H,10-12H2,1-8H3/t2*15-,16+,24?,25-;2*15-,16-,24?,25+/m1010/s1. The van der Waals surface area contributed by atoms with Gasteiger partial charge in [-0.2, -0.15) is 0 Å². The third-order valence-electron chi connectivity index (χ3n) is 32.5. The minimum absolute atomic E-state index is 0.179. The fraction of sp³-hybridized carbons (Fsp3) is 0.720. The number of fused-ring (bicyclic) bond motifs is 4. The molecule has 12 aliphatic rings. The summed E-state index contributed by atoms with van der Waals surface area (Å²) in [6.07, 6.45) is 10.9. The molecule has 4 unspecified atom stereocenters. The zero-order valence-corrected chi connectivity index (χ0v) is 78.2. The molecule has 0 heterocycles. The van der Waals surface area contributed by atoms with E-state index in [-0.39, 0.29) is 167 Å². The van der Waals surface area contributed by atoms with Gasteiger partial charge in [-0.1, -0.05) is 157 Å². The Morgan fingerprint density at radius 2 is 0.442 bits per heavy atom. The van der Waals surface area contributed by atoms with Crippen molar-refractivity contribution in [3.63, 3.8) is 0 Å². The first-order valence-electron chi connectivity index (χ1n) is 43.9. The Morgan fingerprint density at radius 1 is 0.300 bits per heavy atom. The molecule has 20 nitrogen and oxygen atoms in total.